The van der Waals surface area contributed by atoms with Crippen LogP contribution in [0, 0.1) is 0 Å². The molecule has 2 N–H and O–H groups in total. The molecule has 1 rings (SSSR count). The maximum Gasteiger partial charge on any atom is 0.336 e. The molecule has 0 bridgehead atoms. The number of rotatable bonds is 6. The summed E-state index contributed by atoms with van der Waals surface area (Å²) in [5, 5.41) is 20.0. The summed E-state index contributed by atoms with van der Waals surface area (Å²) in [5.74, 6) is -1.42. The van der Waals surface area contributed by atoms with Gasteiger partial charge in [0, 0.05) is 0 Å². The quantitative estimate of drug-likeness (QED) is 0.606. The Morgan fingerprint density at radius 2 is 1.14 bits per heavy atom. The van der Waals surface area contributed by atoms with Crippen LogP contribution in [0.2, 0.25) is 0 Å². The molecule has 0 heterocycles. The van der Waals surface area contributed by atoms with Gasteiger partial charge in [-0.1, -0.05) is 37.4 Å². The van der Waals surface area contributed by atoms with E-state index in [9.17, 15) is 19.8 Å². The van der Waals surface area contributed by atoms with Gasteiger partial charge < -0.3 is 19.7 Å². The van der Waals surface area contributed by atoms with Gasteiger partial charge in [0.05, 0.1) is 25.4 Å². The zero-order valence-corrected chi connectivity index (χ0v) is 12.4. The van der Waals surface area contributed by atoms with Crippen LogP contribution in [-0.4, -0.2) is 36.4 Å². The van der Waals surface area contributed by atoms with Crippen LogP contribution >= 0.6 is 0 Å². The predicted octanol–water partition coefficient (Wildman–Crippen LogP) is 1.21. The predicted molar refractivity (Wildman–Crippen MR) is 78.7 cm³/mol. The molecule has 2 unspecified atom stereocenters. The van der Waals surface area contributed by atoms with E-state index in [1.54, 1.807) is 0 Å². The van der Waals surface area contributed by atoms with Crippen LogP contribution in [0.15, 0.2) is 48.6 Å². The molecule has 6 heteroatoms. The first-order valence-corrected chi connectivity index (χ1v) is 6.33. The van der Waals surface area contributed by atoms with E-state index in [1.807, 2.05) is 0 Å². The largest absolute Gasteiger partial charge is 0.466 e. The second kappa shape index (κ2) is 7.53. The summed E-state index contributed by atoms with van der Waals surface area (Å²) in [5.41, 5.74) is 0.592. The van der Waals surface area contributed by atoms with E-state index in [1.165, 1.54) is 38.5 Å². The first-order valence-electron chi connectivity index (χ1n) is 6.33. The van der Waals surface area contributed by atoms with Gasteiger partial charge in [0.1, 0.15) is 12.2 Å². The van der Waals surface area contributed by atoms with Crippen LogP contribution in [0.4, 0.5) is 0 Å². The van der Waals surface area contributed by atoms with Gasteiger partial charge in [0.2, 0.25) is 0 Å². The van der Waals surface area contributed by atoms with Gasteiger partial charge in [0.25, 0.3) is 0 Å². The lowest BCUT2D eigenvalue weighted by Crippen LogP contribution is -2.13. The summed E-state index contributed by atoms with van der Waals surface area (Å²) in [6, 6.07) is 6.01. The van der Waals surface area contributed by atoms with E-state index in [4.69, 9.17) is 0 Å². The number of benzene rings is 1. The third kappa shape index (κ3) is 3.81. The van der Waals surface area contributed by atoms with Gasteiger partial charge in [-0.05, 0) is 11.1 Å². The highest BCUT2D eigenvalue weighted by molar-refractivity contribution is 5.89. The maximum absolute atomic E-state index is 11.3. The van der Waals surface area contributed by atoms with Crippen LogP contribution in [0.5, 0.6) is 0 Å². The number of aliphatic hydroxyl groups excluding tert-OH is 2. The fourth-order valence-corrected chi connectivity index (χ4v) is 1.75. The lowest BCUT2D eigenvalue weighted by atomic mass is 9.97. The van der Waals surface area contributed by atoms with Crippen LogP contribution in [0.25, 0.3) is 0 Å². The summed E-state index contributed by atoms with van der Waals surface area (Å²) < 4.78 is 8.97. The minimum atomic E-state index is -1.22. The average Bonchev–Trinajstić information content (AvgIpc) is 2.57. The number of carbonyl (C=O) groups is 2. The number of hydrogen-bond donors (Lipinski definition) is 2. The van der Waals surface area contributed by atoms with Crippen molar-refractivity contribution in [3.63, 3.8) is 0 Å². The normalized spacial score (nSPS) is 12.9. The standard InChI is InChI=1S/C16H18O6/c1-9(15(19)21-3)13(17)11-5-7-12(8-6-11)14(18)10(2)16(20)22-4/h5-8,13-14,17-18H,1-2H2,3-4H3. The van der Waals surface area contributed by atoms with Crippen molar-refractivity contribution in [1.82, 2.24) is 0 Å². The molecule has 22 heavy (non-hydrogen) atoms. The number of esters is 2. The Hall–Kier alpha value is -2.44. The average molecular weight is 306 g/mol. The maximum atomic E-state index is 11.3. The Balaban J connectivity index is 2.91. The summed E-state index contributed by atoms with van der Waals surface area (Å²) >= 11 is 0. The monoisotopic (exact) mass is 306 g/mol. The lowest BCUT2D eigenvalue weighted by molar-refractivity contribution is -0.138. The molecule has 0 amide bonds. The SMILES string of the molecule is C=C(C(=O)OC)C(O)c1ccc(C(O)C(=C)C(=O)OC)cc1. The Kier molecular flexibility index (Phi) is 6.03. The van der Waals surface area contributed by atoms with Gasteiger partial charge in [-0.25, -0.2) is 9.59 Å². The Labute approximate surface area is 128 Å². The zero-order valence-electron chi connectivity index (χ0n) is 12.4. The third-order valence-electron chi connectivity index (χ3n) is 3.12. The third-order valence-corrected chi connectivity index (χ3v) is 3.12. The molecule has 0 fully saturated rings. The molecule has 0 saturated heterocycles. The van der Waals surface area contributed by atoms with E-state index in [0.29, 0.717) is 11.1 Å². The number of ether oxygens (including phenoxy) is 2. The van der Waals surface area contributed by atoms with Crippen LogP contribution in [0.1, 0.15) is 23.3 Å². The van der Waals surface area contributed by atoms with Crippen molar-refractivity contribution in [2.75, 3.05) is 14.2 Å². The number of aliphatic hydroxyl groups is 2. The first-order chi connectivity index (χ1) is 10.3. The molecule has 6 nitrogen and oxygen atoms in total. The minimum Gasteiger partial charge on any atom is -0.466 e. The van der Waals surface area contributed by atoms with Gasteiger partial charge >= 0.3 is 11.9 Å². The lowest BCUT2D eigenvalue weighted by Gasteiger charge is -2.15. The molecule has 0 aliphatic rings. The van der Waals surface area contributed by atoms with Crippen molar-refractivity contribution in [3.05, 3.63) is 59.7 Å². The van der Waals surface area contributed by atoms with Gasteiger partial charge in [-0.2, -0.15) is 0 Å². The van der Waals surface area contributed by atoms with Gasteiger partial charge in [-0.3, -0.25) is 0 Å². The van der Waals surface area contributed by atoms with Crippen molar-refractivity contribution in [1.29, 1.82) is 0 Å². The molecule has 118 valence electrons. The molecule has 0 aliphatic heterocycles. The molecule has 2 atom stereocenters. The summed E-state index contributed by atoms with van der Waals surface area (Å²) in [6.07, 6.45) is -2.44. The molecule has 0 aliphatic carbocycles. The highest BCUT2D eigenvalue weighted by Crippen LogP contribution is 2.25. The molecule has 0 radical (unpaired) electrons. The smallest absolute Gasteiger partial charge is 0.336 e. The van der Waals surface area contributed by atoms with Crippen LogP contribution < -0.4 is 0 Å². The molecular weight excluding hydrogens is 288 g/mol. The van der Waals surface area contributed by atoms with Gasteiger partial charge in [-0.15, -0.1) is 0 Å². The second-order valence-electron chi connectivity index (χ2n) is 4.51. The molecular formula is C16H18O6. The van der Waals surface area contributed by atoms with Crippen molar-refractivity contribution in [2.24, 2.45) is 0 Å². The topological polar surface area (TPSA) is 93.1 Å². The van der Waals surface area contributed by atoms with E-state index in [-0.39, 0.29) is 11.1 Å². The number of carbonyl (C=O) groups excluding carboxylic acids is 2. The van der Waals surface area contributed by atoms with Crippen molar-refractivity contribution in [3.8, 4) is 0 Å². The summed E-state index contributed by atoms with van der Waals surface area (Å²) in [7, 11) is 2.39. The van der Waals surface area contributed by atoms with E-state index < -0.39 is 24.1 Å². The summed E-state index contributed by atoms with van der Waals surface area (Å²) in [6.45, 7) is 6.95. The molecule has 1 aromatic carbocycles. The Bertz CT molecular complexity index is 534. The van der Waals surface area contributed by atoms with Crippen molar-refractivity contribution in [2.45, 2.75) is 12.2 Å². The van der Waals surface area contributed by atoms with E-state index in [0.717, 1.165) is 0 Å². The second-order valence-corrected chi connectivity index (χ2v) is 4.51. The molecule has 1 aromatic rings. The zero-order chi connectivity index (χ0) is 16.9. The number of methoxy groups -OCH3 is 2. The summed E-state index contributed by atoms with van der Waals surface area (Å²) in [4.78, 5) is 22.6. The van der Waals surface area contributed by atoms with E-state index in [2.05, 4.69) is 22.6 Å². The fraction of sp³-hybridized carbons (Fsp3) is 0.250. The van der Waals surface area contributed by atoms with Crippen LogP contribution in [0.3, 0.4) is 0 Å². The van der Waals surface area contributed by atoms with E-state index >= 15 is 0 Å². The Morgan fingerprint density at radius 3 is 1.36 bits per heavy atom. The van der Waals surface area contributed by atoms with Crippen molar-refractivity contribution >= 4 is 11.9 Å². The van der Waals surface area contributed by atoms with Crippen LogP contribution in [-0.2, 0) is 19.1 Å². The highest BCUT2D eigenvalue weighted by atomic mass is 16.5. The number of hydrogen-bond acceptors (Lipinski definition) is 6. The van der Waals surface area contributed by atoms with Gasteiger partial charge in [0.15, 0.2) is 0 Å². The highest BCUT2D eigenvalue weighted by Gasteiger charge is 2.21. The molecule has 0 spiro atoms. The first kappa shape index (κ1) is 17.6. The fourth-order valence-electron chi connectivity index (χ4n) is 1.75. The Morgan fingerprint density at radius 1 is 0.864 bits per heavy atom. The molecule has 0 saturated carbocycles. The van der Waals surface area contributed by atoms with Crippen molar-refractivity contribution < 1.29 is 29.3 Å². The minimum absolute atomic E-state index is 0.102. The molecule has 0 aromatic heterocycles.